The molecule has 0 fully saturated rings. The highest BCUT2D eigenvalue weighted by atomic mass is 16.6. The third kappa shape index (κ3) is 4.44. The molecule has 0 aromatic heterocycles. The lowest BCUT2D eigenvalue weighted by Gasteiger charge is -2.15. The monoisotopic (exact) mass is 356 g/mol. The van der Waals surface area contributed by atoms with Gasteiger partial charge in [-0.15, -0.1) is 0 Å². The molecular weight excluding hydrogens is 336 g/mol. The first kappa shape index (κ1) is 19.1. The number of anilines is 1. The van der Waals surface area contributed by atoms with Crippen LogP contribution in [0, 0.1) is 30.9 Å². The fourth-order valence-electron chi connectivity index (χ4n) is 2.46. The highest BCUT2D eigenvalue weighted by Gasteiger charge is 2.21. The summed E-state index contributed by atoms with van der Waals surface area (Å²) in [4.78, 5) is 34.7. The summed E-state index contributed by atoms with van der Waals surface area (Å²) in [6.45, 7) is 6.83. The Morgan fingerprint density at radius 1 is 1.08 bits per heavy atom. The zero-order valence-corrected chi connectivity index (χ0v) is 15.0. The summed E-state index contributed by atoms with van der Waals surface area (Å²) in [5.41, 5.74) is 3.05. The van der Waals surface area contributed by atoms with Gasteiger partial charge in [-0.3, -0.25) is 14.9 Å². The van der Waals surface area contributed by atoms with Gasteiger partial charge in [-0.25, -0.2) is 4.79 Å². The van der Waals surface area contributed by atoms with Gasteiger partial charge in [0.15, 0.2) is 6.10 Å². The normalized spacial score (nSPS) is 11.5. The quantitative estimate of drug-likeness (QED) is 0.500. The van der Waals surface area contributed by atoms with Crippen molar-refractivity contribution in [3.05, 3.63) is 68.8 Å². The minimum atomic E-state index is -1.02. The molecule has 0 radical (unpaired) electrons. The van der Waals surface area contributed by atoms with E-state index in [0.29, 0.717) is 11.3 Å². The molecule has 1 N–H and O–H groups in total. The first-order valence-electron chi connectivity index (χ1n) is 8.03. The fourth-order valence-corrected chi connectivity index (χ4v) is 2.46. The second-order valence-corrected chi connectivity index (χ2v) is 6.11. The number of nitrogens with one attached hydrogen (secondary N) is 1. The smallest absolute Gasteiger partial charge is 0.338 e. The summed E-state index contributed by atoms with van der Waals surface area (Å²) < 4.78 is 5.17. The number of carbonyl (C=O) groups excluding carboxylic acids is 2. The van der Waals surface area contributed by atoms with E-state index in [1.165, 1.54) is 32.0 Å². The molecule has 0 saturated carbocycles. The highest BCUT2D eigenvalue weighted by molar-refractivity contribution is 5.97. The molecule has 0 heterocycles. The lowest BCUT2D eigenvalue weighted by molar-refractivity contribution is -0.385. The van der Waals surface area contributed by atoms with Gasteiger partial charge in [0.1, 0.15) is 0 Å². The number of hydrogen-bond donors (Lipinski definition) is 1. The maximum absolute atomic E-state index is 12.2. The van der Waals surface area contributed by atoms with E-state index in [9.17, 15) is 19.7 Å². The van der Waals surface area contributed by atoms with Gasteiger partial charge >= 0.3 is 5.97 Å². The summed E-state index contributed by atoms with van der Waals surface area (Å²) >= 11 is 0. The van der Waals surface area contributed by atoms with Gasteiger partial charge in [0.25, 0.3) is 11.6 Å². The largest absolute Gasteiger partial charge is 0.449 e. The summed E-state index contributed by atoms with van der Waals surface area (Å²) in [5.74, 6) is -1.17. The van der Waals surface area contributed by atoms with E-state index in [1.807, 2.05) is 26.0 Å². The molecule has 2 aromatic carbocycles. The molecule has 7 heteroatoms. The van der Waals surface area contributed by atoms with Gasteiger partial charge in [-0.05, 0) is 51.5 Å². The number of rotatable bonds is 5. The number of nitro groups is 1. The van der Waals surface area contributed by atoms with E-state index in [4.69, 9.17) is 4.74 Å². The minimum absolute atomic E-state index is 0.0813. The Hall–Kier alpha value is -3.22. The number of amides is 1. The van der Waals surface area contributed by atoms with E-state index in [1.54, 1.807) is 6.07 Å². The standard InChI is InChI=1S/C19H20N2O5/c1-11-5-7-16(12(2)9-11)20-18(22)14(4)26-19(23)15-6-8-17(21(24)25)13(3)10-15/h5-10,14H,1-4H3,(H,20,22). The number of esters is 1. The number of nitrogens with zero attached hydrogens (tertiary/aromatic N) is 1. The Morgan fingerprint density at radius 2 is 1.77 bits per heavy atom. The molecule has 0 saturated heterocycles. The predicted octanol–water partition coefficient (Wildman–Crippen LogP) is 3.70. The zero-order valence-electron chi connectivity index (χ0n) is 15.0. The Morgan fingerprint density at radius 3 is 2.35 bits per heavy atom. The van der Waals surface area contributed by atoms with Crippen molar-refractivity contribution in [2.75, 3.05) is 5.32 Å². The summed E-state index contributed by atoms with van der Waals surface area (Å²) in [7, 11) is 0. The SMILES string of the molecule is Cc1ccc(NC(=O)C(C)OC(=O)c2ccc([N+](=O)[O-])c(C)c2)c(C)c1. The van der Waals surface area contributed by atoms with Crippen LogP contribution >= 0.6 is 0 Å². The predicted molar refractivity (Wildman–Crippen MR) is 97.3 cm³/mol. The average Bonchev–Trinajstić information content (AvgIpc) is 2.56. The van der Waals surface area contributed by atoms with Gasteiger partial charge < -0.3 is 10.1 Å². The Labute approximate surface area is 151 Å². The number of carbonyl (C=O) groups is 2. The summed E-state index contributed by atoms with van der Waals surface area (Å²) in [6.07, 6.45) is -1.02. The van der Waals surface area contributed by atoms with Crippen molar-refractivity contribution >= 4 is 23.3 Å². The van der Waals surface area contributed by atoms with E-state index < -0.39 is 22.9 Å². The van der Waals surface area contributed by atoms with Gasteiger partial charge in [0.2, 0.25) is 0 Å². The van der Waals surface area contributed by atoms with Crippen LogP contribution in [-0.2, 0) is 9.53 Å². The van der Waals surface area contributed by atoms with Crippen LogP contribution in [-0.4, -0.2) is 22.9 Å². The first-order valence-corrected chi connectivity index (χ1v) is 8.03. The van der Waals surface area contributed by atoms with E-state index in [2.05, 4.69) is 5.32 Å². The van der Waals surface area contributed by atoms with Crippen LogP contribution in [0.25, 0.3) is 0 Å². The van der Waals surface area contributed by atoms with Crippen molar-refractivity contribution < 1.29 is 19.2 Å². The van der Waals surface area contributed by atoms with Crippen molar-refractivity contribution in [3.63, 3.8) is 0 Å². The maximum Gasteiger partial charge on any atom is 0.338 e. The Kier molecular flexibility index (Phi) is 5.71. The zero-order chi connectivity index (χ0) is 19.4. The lowest BCUT2D eigenvalue weighted by atomic mass is 10.1. The van der Waals surface area contributed by atoms with Crippen LogP contribution < -0.4 is 5.32 Å². The number of nitro benzene ring substituents is 1. The van der Waals surface area contributed by atoms with Gasteiger partial charge in [0.05, 0.1) is 10.5 Å². The molecule has 7 nitrogen and oxygen atoms in total. The van der Waals surface area contributed by atoms with Crippen LogP contribution in [0.15, 0.2) is 36.4 Å². The average molecular weight is 356 g/mol. The molecule has 0 spiro atoms. The van der Waals surface area contributed by atoms with Crippen molar-refractivity contribution in [2.24, 2.45) is 0 Å². The van der Waals surface area contributed by atoms with Crippen molar-refractivity contribution in [2.45, 2.75) is 33.8 Å². The van der Waals surface area contributed by atoms with Crippen LogP contribution in [0.2, 0.25) is 0 Å². The molecule has 136 valence electrons. The van der Waals surface area contributed by atoms with Gasteiger partial charge in [-0.1, -0.05) is 17.7 Å². The Bertz CT molecular complexity index is 876. The molecular formula is C19H20N2O5. The molecule has 1 unspecified atom stereocenters. The first-order chi connectivity index (χ1) is 12.2. The second kappa shape index (κ2) is 7.77. The van der Waals surface area contributed by atoms with E-state index in [0.717, 1.165) is 11.1 Å². The molecule has 2 rings (SSSR count). The highest BCUT2D eigenvalue weighted by Crippen LogP contribution is 2.20. The third-order valence-electron chi connectivity index (χ3n) is 3.92. The number of benzene rings is 2. The van der Waals surface area contributed by atoms with Crippen LogP contribution in [0.3, 0.4) is 0 Å². The molecule has 0 aliphatic rings. The molecule has 2 aromatic rings. The van der Waals surface area contributed by atoms with E-state index in [-0.39, 0.29) is 11.3 Å². The van der Waals surface area contributed by atoms with Crippen LogP contribution in [0.1, 0.15) is 34.0 Å². The van der Waals surface area contributed by atoms with Crippen molar-refractivity contribution in [1.29, 1.82) is 0 Å². The number of hydrogen-bond acceptors (Lipinski definition) is 5. The number of aryl methyl sites for hydroxylation is 3. The maximum atomic E-state index is 12.2. The lowest BCUT2D eigenvalue weighted by Crippen LogP contribution is -2.30. The molecule has 26 heavy (non-hydrogen) atoms. The number of ether oxygens (including phenoxy) is 1. The van der Waals surface area contributed by atoms with Gasteiger partial charge in [0, 0.05) is 17.3 Å². The Balaban J connectivity index is 2.05. The second-order valence-electron chi connectivity index (χ2n) is 6.11. The van der Waals surface area contributed by atoms with Crippen molar-refractivity contribution in [1.82, 2.24) is 0 Å². The molecule has 0 aliphatic heterocycles. The summed E-state index contributed by atoms with van der Waals surface area (Å²) in [6, 6.07) is 9.52. The molecule has 1 atom stereocenters. The van der Waals surface area contributed by atoms with Crippen molar-refractivity contribution in [3.8, 4) is 0 Å². The van der Waals surface area contributed by atoms with Crippen LogP contribution in [0.5, 0.6) is 0 Å². The molecule has 1 amide bonds. The molecule has 0 aliphatic carbocycles. The van der Waals surface area contributed by atoms with Crippen LogP contribution in [0.4, 0.5) is 11.4 Å². The minimum Gasteiger partial charge on any atom is -0.449 e. The molecule has 0 bridgehead atoms. The topological polar surface area (TPSA) is 98.5 Å². The van der Waals surface area contributed by atoms with E-state index >= 15 is 0 Å². The third-order valence-corrected chi connectivity index (χ3v) is 3.92. The van der Waals surface area contributed by atoms with Gasteiger partial charge in [-0.2, -0.15) is 0 Å². The fraction of sp³-hybridized carbons (Fsp3) is 0.263. The summed E-state index contributed by atoms with van der Waals surface area (Å²) in [5, 5.41) is 13.6.